The van der Waals surface area contributed by atoms with Crippen molar-refractivity contribution in [1.29, 1.82) is 0 Å². The van der Waals surface area contributed by atoms with Crippen molar-refractivity contribution in [2.75, 3.05) is 5.73 Å². The number of nitrogens with one attached hydrogen (secondary N) is 1. The number of nitrogen functional groups attached to an aromatic ring is 1. The summed E-state index contributed by atoms with van der Waals surface area (Å²) in [6, 6.07) is 17.1. The van der Waals surface area contributed by atoms with Crippen LogP contribution in [0.2, 0.25) is 0 Å². The molecule has 0 aliphatic heterocycles. The van der Waals surface area contributed by atoms with E-state index in [1.807, 2.05) is 49.4 Å². The van der Waals surface area contributed by atoms with Crippen molar-refractivity contribution in [1.82, 2.24) is 5.32 Å². The van der Waals surface area contributed by atoms with E-state index < -0.39 is 11.6 Å². The average molecular weight is 542 g/mol. The number of hydrogen-bond donors (Lipinski definition) is 5. The number of Topliss-reactive ketones (excluding diaryl/α,β-unsaturated/α-hetero) is 1. The zero-order valence-electron chi connectivity index (χ0n) is 21.6. The lowest BCUT2D eigenvalue weighted by molar-refractivity contribution is -0.124. The van der Waals surface area contributed by atoms with Crippen LogP contribution in [0.1, 0.15) is 57.2 Å². The number of para-hydroxylation sites is 1. The molecule has 9 heteroatoms. The fourth-order valence-electron chi connectivity index (χ4n) is 6.00. The molecule has 4 atom stereocenters. The van der Waals surface area contributed by atoms with E-state index in [0.29, 0.717) is 48.8 Å². The van der Waals surface area contributed by atoms with Crippen LogP contribution >= 0.6 is 11.3 Å². The van der Waals surface area contributed by atoms with Crippen molar-refractivity contribution in [2.24, 2.45) is 17.2 Å². The van der Waals surface area contributed by atoms with Gasteiger partial charge in [0.05, 0.1) is 15.6 Å². The molecule has 1 aromatic heterocycles. The Labute approximate surface area is 230 Å². The van der Waals surface area contributed by atoms with E-state index >= 15 is 0 Å². The first-order chi connectivity index (χ1) is 18.7. The standard InChI is InChI=1S/C30H31N5O3S/c1-15-14-17(38-16-6-3-2-4-7-16)10-11-18(15)30(34)19-12-13-21(32)26-23(19)24(25(33)28(30)36)27(39-26)29(37)35-22-9-5-8-20(22)31/h2-4,6-7,10-14,20,22,25H,5,8-9,31-34H2,1H3,(H,35,37)/t20-,22-,25?,30?/m0/s1. The number of hydrogen-bond acceptors (Lipinski definition) is 8. The molecular formula is C30H31N5O3S. The molecule has 3 aromatic carbocycles. The maximum absolute atomic E-state index is 14.1. The van der Waals surface area contributed by atoms with E-state index in [0.717, 1.165) is 24.8 Å². The van der Waals surface area contributed by atoms with E-state index in [4.69, 9.17) is 27.7 Å². The van der Waals surface area contributed by atoms with Crippen LogP contribution in [0.4, 0.5) is 5.69 Å². The number of carbonyl (C=O) groups excluding carboxylic acids is 2. The number of ketones is 1. The minimum absolute atomic E-state index is 0.0934. The number of amides is 1. The summed E-state index contributed by atoms with van der Waals surface area (Å²) in [5.41, 5.74) is 27.7. The number of carbonyl (C=O) groups is 2. The first-order valence-corrected chi connectivity index (χ1v) is 13.9. The number of ether oxygens (including phenoxy) is 1. The van der Waals surface area contributed by atoms with Crippen molar-refractivity contribution < 1.29 is 14.3 Å². The van der Waals surface area contributed by atoms with Gasteiger partial charge in [-0.2, -0.15) is 0 Å². The molecule has 1 amide bonds. The van der Waals surface area contributed by atoms with Crippen LogP contribution in [-0.2, 0) is 10.3 Å². The SMILES string of the molecule is Cc1cc(Oc2ccccc2)ccc1C1(N)C(=O)C(N)c2c(C(=O)N[C@H]3CCC[C@@H]3N)sc3c(N)ccc1c23. The van der Waals surface area contributed by atoms with Crippen LogP contribution in [0.15, 0.2) is 60.7 Å². The average Bonchev–Trinajstić information content (AvgIpc) is 3.52. The third kappa shape index (κ3) is 4.01. The van der Waals surface area contributed by atoms with Gasteiger partial charge in [-0.1, -0.05) is 30.3 Å². The number of anilines is 1. The Bertz CT molecular complexity index is 1620. The zero-order chi connectivity index (χ0) is 27.5. The van der Waals surface area contributed by atoms with E-state index in [-0.39, 0.29) is 23.8 Å². The summed E-state index contributed by atoms with van der Waals surface area (Å²) in [4.78, 5) is 27.9. The Hall–Kier alpha value is -3.76. The van der Waals surface area contributed by atoms with Crippen LogP contribution in [-0.4, -0.2) is 23.8 Å². The molecule has 4 aromatic rings. The van der Waals surface area contributed by atoms with Crippen molar-refractivity contribution in [3.8, 4) is 11.5 Å². The fourth-order valence-corrected chi connectivity index (χ4v) is 7.20. The van der Waals surface area contributed by atoms with Gasteiger partial charge in [-0.05, 0) is 73.2 Å². The molecule has 2 aliphatic carbocycles. The fraction of sp³-hybridized carbons (Fsp3) is 0.267. The van der Waals surface area contributed by atoms with Crippen LogP contribution in [0.3, 0.4) is 0 Å². The lowest BCUT2D eigenvalue weighted by Gasteiger charge is -2.37. The lowest BCUT2D eigenvalue weighted by atomic mass is 9.69. The minimum atomic E-state index is -1.53. The highest BCUT2D eigenvalue weighted by atomic mass is 32.1. The second-order valence-corrected chi connectivity index (χ2v) is 11.5. The number of benzene rings is 3. The predicted molar refractivity (Wildman–Crippen MR) is 154 cm³/mol. The molecular weight excluding hydrogens is 510 g/mol. The lowest BCUT2D eigenvalue weighted by Crippen LogP contribution is -2.53. The van der Waals surface area contributed by atoms with Gasteiger partial charge in [-0.3, -0.25) is 9.59 Å². The molecule has 6 rings (SSSR count). The number of nitrogens with two attached hydrogens (primary N) is 4. The Morgan fingerprint density at radius 2 is 1.77 bits per heavy atom. The molecule has 2 aliphatic rings. The Balaban J connectivity index is 1.46. The molecule has 1 fully saturated rings. The van der Waals surface area contributed by atoms with E-state index in [9.17, 15) is 9.59 Å². The topological polar surface area (TPSA) is 159 Å². The normalized spacial score (nSPS) is 24.2. The Kier molecular flexibility index (Phi) is 6.19. The predicted octanol–water partition coefficient (Wildman–Crippen LogP) is 3.98. The summed E-state index contributed by atoms with van der Waals surface area (Å²) in [5, 5.41) is 3.74. The van der Waals surface area contributed by atoms with Crippen LogP contribution in [0, 0.1) is 6.92 Å². The summed E-state index contributed by atoms with van der Waals surface area (Å²) < 4.78 is 6.68. The van der Waals surface area contributed by atoms with E-state index in [2.05, 4.69) is 5.32 Å². The smallest absolute Gasteiger partial charge is 0.262 e. The summed E-state index contributed by atoms with van der Waals surface area (Å²) in [7, 11) is 0. The quantitative estimate of drug-likeness (QED) is 0.239. The molecule has 0 radical (unpaired) electrons. The van der Waals surface area contributed by atoms with Crippen LogP contribution in [0.5, 0.6) is 11.5 Å². The van der Waals surface area contributed by atoms with Gasteiger partial charge in [0.2, 0.25) is 0 Å². The van der Waals surface area contributed by atoms with Gasteiger partial charge < -0.3 is 33.0 Å². The van der Waals surface area contributed by atoms with Crippen molar-refractivity contribution in [3.05, 3.63) is 87.8 Å². The maximum Gasteiger partial charge on any atom is 0.262 e. The van der Waals surface area contributed by atoms with Crippen molar-refractivity contribution in [3.63, 3.8) is 0 Å². The second-order valence-electron chi connectivity index (χ2n) is 10.5. The Morgan fingerprint density at radius 3 is 2.46 bits per heavy atom. The van der Waals surface area contributed by atoms with Gasteiger partial charge in [-0.15, -0.1) is 11.3 Å². The van der Waals surface area contributed by atoms with Gasteiger partial charge in [0.15, 0.2) is 5.78 Å². The monoisotopic (exact) mass is 541 g/mol. The molecule has 9 N–H and O–H groups in total. The van der Waals surface area contributed by atoms with Crippen molar-refractivity contribution in [2.45, 2.75) is 49.9 Å². The summed E-state index contributed by atoms with van der Waals surface area (Å²) >= 11 is 1.25. The van der Waals surface area contributed by atoms with Gasteiger partial charge in [0, 0.05) is 28.7 Å². The molecule has 0 saturated heterocycles. The highest BCUT2D eigenvalue weighted by molar-refractivity contribution is 7.21. The Morgan fingerprint density at radius 1 is 1.03 bits per heavy atom. The first kappa shape index (κ1) is 25.5. The summed E-state index contributed by atoms with van der Waals surface area (Å²) in [5.74, 6) is 0.660. The molecule has 0 spiro atoms. The van der Waals surface area contributed by atoms with Crippen molar-refractivity contribution >= 4 is 38.8 Å². The summed E-state index contributed by atoms with van der Waals surface area (Å²) in [6.45, 7) is 1.89. The molecule has 39 heavy (non-hydrogen) atoms. The second kappa shape index (κ2) is 9.46. The number of aryl methyl sites for hydroxylation is 1. The number of rotatable bonds is 5. The highest BCUT2D eigenvalue weighted by Gasteiger charge is 2.49. The molecule has 1 heterocycles. The van der Waals surface area contributed by atoms with E-state index in [1.165, 1.54) is 11.3 Å². The largest absolute Gasteiger partial charge is 0.457 e. The van der Waals surface area contributed by atoms with E-state index in [1.54, 1.807) is 18.2 Å². The third-order valence-electron chi connectivity index (χ3n) is 8.01. The molecule has 2 unspecified atom stereocenters. The molecule has 200 valence electrons. The zero-order valence-corrected chi connectivity index (χ0v) is 22.4. The van der Waals surface area contributed by atoms with Crippen LogP contribution < -0.4 is 33.0 Å². The first-order valence-electron chi connectivity index (χ1n) is 13.0. The highest BCUT2D eigenvalue weighted by Crippen LogP contribution is 2.50. The van der Waals surface area contributed by atoms with Gasteiger partial charge in [0.1, 0.15) is 17.0 Å². The van der Waals surface area contributed by atoms with Gasteiger partial charge in [0.25, 0.3) is 5.91 Å². The minimum Gasteiger partial charge on any atom is -0.457 e. The number of thiophene rings is 1. The van der Waals surface area contributed by atoms with Gasteiger partial charge in [-0.25, -0.2) is 0 Å². The molecule has 8 nitrogen and oxygen atoms in total. The maximum atomic E-state index is 14.1. The third-order valence-corrected chi connectivity index (χ3v) is 9.26. The molecule has 1 saturated carbocycles. The van der Waals surface area contributed by atoms with Gasteiger partial charge >= 0.3 is 0 Å². The molecule has 0 bridgehead atoms. The van der Waals surface area contributed by atoms with Crippen LogP contribution in [0.25, 0.3) is 10.1 Å². The summed E-state index contributed by atoms with van der Waals surface area (Å²) in [6.07, 6.45) is 2.65.